The second-order valence-electron chi connectivity index (χ2n) is 13.6. The Morgan fingerprint density at radius 3 is 1.83 bits per heavy atom. The first-order valence-corrected chi connectivity index (χ1v) is 17.2. The molecule has 255 valence electrons. The molecule has 1 aromatic heterocycles. The van der Waals surface area contributed by atoms with Crippen LogP contribution in [0.2, 0.25) is 0 Å². The number of nitrogens with zero attached hydrogens (tertiary/aromatic N) is 2. The van der Waals surface area contributed by atoms with E-state index in [1.165, 1.54) is 28.2 Å². The summed E-state index contributed by atoms with van der Waals surface area (Å²) in [5, 5.41) is 12.1. The van der Waals surface area contributed by atoms with E-state index in [-0.39, 0.29) is 48.9 Å². The monoisotopic (exact) mass is 820 g/mol. The van der Waals surface area contributed by atoms with Gasteiger partial charge in [0.2, 0.25) is 0 Å². The van der Waals surface area contributed by atoms with Crippen molar-refractivity contribution < 1.29 is 30.0 Å². The van der Waals surface area contributed by atoms with Crippen LogP contribution in [-0.4, -0.2) is 20.9 Å². The minimum Gasteiger partial charge on any atom is -0.512 e. The van der Waals surface area contributed by atoms with E-state index < -0.39 is 0 Å². The number of allylic oxidation sites excluding steroid dienone is 2. The summed E-state index contributed by atoms with van der Waals surface area (Å²) in [7, 11) is 0. The molecule has 1 radical (unpaired) electrons. The maximum Gasteiger partial charge on any atom is 0.162 e. The summed E-state index contributed by atoms with van der Waals surface area (Å²) in [6.07, 6.45) is 4.91. The Kier molecular flexibility index (Phi) is 13.8. The van der Waals surface area contributed by atoms with Crippen molar-refractivity contribution in [3.05, 3.63) is 107 Å². The van der Waals surface area contributed by atoms with Crippen LogP contribution in [0.1, 0.15) is 90.8 Å². The van der Waals surface area contributed by atoms with Gasteiger partial charge in [0.05, 0.1) is 22.5 Å². The Balaban J connectivity index is 0.000000334. The Morgan fingerprint density at radius 2 is 1.29 bits per heavy atom. The molecule has 0 bridgehead atoms. The van der Waals surface area contributed by atoms with Crippen LogP contribution in [0.3, 0.4) is 0 Å². The van der Waals surface area contributed by atoms with E-state index in [1.807, 2.05) is 52.0 Å². The van der Waals surface area contributed by atoms with Gasteiger partial charge in [-0.1, -0.05) is 108 Å². The van der Waals surface area contributed by atoms with E-state index in [0.29, 0.717) is 0 Å². The molecule has 0 atom stereocenters. The van der Waals surface area contributed by atoms with Crippen molar-refractivity contribution in [3.8, 4) is 22.5 Å². The molecule has 0 aliphatic heterocycles. The number of aliphatic hydroxyl groups is 1. The topological polar surface area (TPSA) is 63.1 Å². The van der Waals surface area contributed by atoms with Gasteiger partial charge in [-0.15, -0.1) is 29.1 Å². The summed E-state index contributed by atoms with van der Waals surface area (Å²) in [6.45, 7) is 19.1. The second kappa shape index (κ2) is 17.1. The molecular formula is C43H51IrN2O2-. The molecule has 0 saturated heterocycles. The van der Waals surface area contributed by atoms with Crippen molar-refractivity contribution in [2.75, 3.05) is 0 Å². The third-order valence-electron chi connectivity index (χ3n) is 9.21. The van der Waals surface area contributed by atoms with Crippen molar-refractivity contribution >= 4 is 27.6 Å². The van der Waals surface area contributed by atoms with E-state index in [1.54, 1.807) is 0 Å². The fourth-order valence-electron chi connectivity index (χ4n) is 6.31. The van der Waals surface area contributed by atoms with Gasteiger partial charge in [-0.05, 0) is 68.2 Å². The minimum absolute atomic E-state index is 0. The molecule has 4 nitrogen and oxygen atoms in total. The summed E-state index contributed by atoms with van der Waals surface area (Å²) in [6, 6.07) is 28.9. The first-order chi connectivity index (χ1) is 22.4. The molecule has 0 fully saturated rings. The Bertz CT molecular complexity index is 1860. The molecule has 1 N–H and O–H groups in total. The van der Waals surface area contributed by atoms with Crippen molar-refractivity contribution in [3.63, 3.8) is 0 Å². The average Bonchev–Trinajstić information content (AvgIpc) is 3.05. The number of aliphatic hydroxyl groups excluding tert-OH is 1. The number of para-hydroxylation sites is 2. The van der Waals surface area contributed by atoms with Gasteiger partial charge in [0, 0.05) is 49.3 Å². The Morgan fingerprint density at radius 1 is 0.771 bits per heavy atom. The number of carbonyl (C=O) groups excluding carboxylic acids is 1. The molecule has 5 aromatic rings. The molecular weight excluding hydrogens is 769 g/mol. The van der Waals surface area contributed by atoms with Gasteiger partial charge in [-0.2, -0.15) is 0 Å². The maximum atomic E-state index is 11.7. The predicted molar refractivity (Wildman–Crippen MR) is 199 cm³/mol. The molecule has 0 amide bonds. The Hall–Kier alpha value is -3.66. The van der Waals surface area contributed by atoms with Crippen LogP contribution < -0.4 is 0 Å². The predicted octanol–water partition coefficient (Wildman–Crippen LogP) is 11.7. The normalized spacial score (nSPS) is 11.9. The van der Waals surface area contributed by atoms with Crippen molar-refractivity contribution in [1.82, 2.24) is 9.97 Å². The van der Waals surface area contributed by atoms with Crippen LogP contribution in [-0.2, 0) is 30.3 Å². The van der Waals surface area contributed by atoms with E-state index >= 15 is 0 Å². The van der Waals surface area contributed by atoms with Crippen molar-refractivity contribution in [2.24, 2.45) is 11.8 Å². The third-order valence-corrected chi connectivity index (χ3v) is 9.21. The average molecular weight is 820 g/mol. The molecule has 0 aliphatic carbocycles. The number of fused-ring (bicyclic) bond motifs is 2. The number of rotatable bonds is 9. The number of benzene rings is 4. The van der Waals surface area contributed by atoms with Gasteiger partial charge in [-0.3, -0.25) is 14.8 Å². The van der Waals surface area contributed by atoms with Gasteiger partial charge < -0.3 is 5.11 Å². The zero-order chi connectivity index (χ0) is 34.3. The molecule has 0 unspecified atom stereocenters. The molecule has 1 heterocycles. The molecule has 0 saturated carbocycles. The number of aromatic nitrogens is 2. The number of hydrogen-bond donors (Lipinski definition) is 1. The standard InChI is InChI=1S/C30H27N2.C13H24O2.Ir/c1-19-11-10-12-20(2)27(19)29-28(31-25-15-8-9-16-26(25)32-29)22-17-21-13-6-7-14-23(21)24(18-22)30(3,4)5;1-5-10(6-2)12(14)9-13(15)11(7-3)8-4;/h6-16,18H,1-5H3;9-11,14H,5-8H2,1-4H3;/q-1;;. The van der Waals surface area contributed by atoms with Crippen LogP contribution in [0.15, 0.2) is 84.6 Å². The van der Waals surface area contributed by atoms with Crippen molar-refractivity contribution in [2.45, 2.75) is 93.4 Å². The molecule has 5 rings (SSSR count). The number of aryl methyl sites for hydroxylation is 2. The summed E-state index contributed by atoms with van der Waals surface area (Å²) in [5.74, 6) is 0.547. The first-order valence-electron chi connectivity index (χ1n) is 17.2. The van der Waals surface area contributed by atoms with Gasteiger partial charge >= 0.3 is 0 Å². The first kappa shape index (κ1) is 38.8. The summed E-state index contributed by atoms with van der Waals surface area (Å²) in [5.41, 5.74) is 9.45. The Labute approximate surface area is 301 Å². The molecule has 5 heteroatoms. The van der Waals surface area contributed by atoms with Crippen LogP contribution >= 0.6 is 0 Å². The van der Waals surface area contributed by atoms with Gasteiger partial charge in [0.15, 0.2) is 5.78 Å². The van der Waals surface area contributed by atoms with E-state index in [9.17, 15) is 9.90 Å². The number of carbonyl (C=O) groups is 1. The zero-order valence-electron chi connectivity index (χ0n) is 30.1. The van der Waals surface area contributed by atoms with E-state index in [4.69, 9.17) is 9.97 Å². The fourth-order valence-corrected chi connectivity index (χ4v) is 6.31. The van der Waals surface area contributed by atoms with Crippen molar-refractivity contribution in [1.29, 1.82) is 0 Å². The number of ketones is 1. The van der Waals surface area contributed by atoms with Gasteiger partial charge in [0.25, 0.3) is 0 Å². The zero-order valence-corrected chi connectivity index (χ0v) is 32.5. The van der Waals surface area contributed by atoms with Gasteiger partial charge in [-0.25, -0.2) is 0 Å². The summed E-state index contributed by atoms with van der Waals surface area (Å²) >= 11 is 0. The second-order valence-corrected chi connectivity index (χ2v) is 13.6. The fraction of sp³-hybridized carbons (Fsp3) is 0.372. The van der Waals surface area contributed by atoms with Crippen LogP contribution in [0.4, 0.5) is 0 Å². The van der Waals surface area contributed by atoms with Crippen LogP contribution in [0.25, 0.3) is 44.3 Å². The minimum atomic E-state index is -0.00747. The largest absolute Gasteiger partial charge is 0.512 e. The smallest absolute Gasteiger partial charge is 0.162 e. The van der Waals surface area contributed by atoms with E-state index in [0.717, 1.165) is 64.6 Å². The SMILES string of the molecule is CCC(CC)C(=O)C=C(O)C(CC)CC.Cc1cccc(C)c1-c1nc2ccccc2nc1-c1[c-]c2ccccc2c(C(C)(C)C)c1.[Ir]. The van der Waals surface area contributed by atoms with Gasteiger partial charge in [0.1, 0.15) is 0 Å². The molecule has 48 heavy (non-hydrogen) atoms. The summed E-state index contributed by atoms with van der Waals surface area (Å²) < 4.78 is 0. The summed E-state index contributed by atoms with van der Waals surface area (Å²) in [4.78, 5) is 22.0. The van der Waals surface area contributed by atoms with Crippen LogP contribution in [0.5, 0.6) is 0 Å². The molecule has 4 aromatic carbocycles. The molecule has 0 aliphatic rings. The van der Waals surface area contributed by atoms with Crippen LogP contribution in [0, 0.1) is 31.7 Å². The maximum absolute atomic E-state index is 11.7. The molecule has 0 spiro atoms. The third kappa shape index (κ3) is 8.87. The number of hydrogen-bond acceptors (Lipinski definition) is 4. The van der Waals surface area contributed by atoms with E-state index in [2.05, 4.69) is 89.2 Å². The quantitative estimate of drug-likeness (QED) is 0.0914.